The summed E-state index contributed by atoms with van der Waals surface area (Å²) in [4.78, 5) is 24.4. The molecule has 0 unspecified atom stereocenters. The van der Waals surface area contributed by atoms with Gasteiger partial charge < -0.3 is 9.15 Å². The van der Waals surface area contributed by atoms with Gasteiger partial charge in [-0.2, -0.15) is 0 Å². The quantitative estimate of drug-likeness (QED) is 0.259. The van der Waals surface area contributed by atoms with Crippen molar-refractivity contribution in [1.29, 1.82) is 0 Å². The number of ether oxygens (including phenoxy) is 1. The monoisotopic (exact) mass is 443 g/mol. The van der Waals surface area contributed by atoms with Crippen molar-refractivity contribution >= 4 is 27.0 Å². The van der Waals surface area contributed by atoms with Crippen LogP contribution < -0.4 is 15.1 Å². The molecule has 0 radical (unpaired) electrons. The summed E-state index contributed by atoms with van der Waals surface area (Å²) < 4.78 is 37.8. The van der Waals surface area contributed by atoms with Crippen molar-refractivity contribution in [3.05, 3.63) is 69.1 Å². The van der Waals surface area contributed by atoms with Gasteiger partial charge in [0.25, 0.3) is 0 Å². The van der Waals surface area contributed by atoms with Crippen LogP contribution in [0.1, 0.15) is 35.1 Å². The molecule has 0 atom stereocenters. The lowest BCUT2D eigenvalue weighted by Gasteiger charge is -2.11. The summed E-state index contributed by atoms with van der Waals surface area (Å²) in [7, 11) is -3.62. The van der Waals surface area contributed by atoms with Crippen molar-refractivity contribution < 1.29 is 22.4 Å². The summed E-state index contributed by atoms with van der Waals surface area (Å²) in [5, 5.41) is 0.792. The molecule has 0 aliphatic rings. The van der Waals surface area contributed by atoms with E-state index in [0.717, 1.165) is 16.5 Å². The molecule has 0 bridgehead atoms. The van der Waals surface area contributed by atoms with Crippen molar-refractivity contribution in [3.8, 4) is 5.75 Å². The minimum Gasteiger partial charge on any atom is -0.426 e. The largest absolute Gasteiger partial charge is 0.426 e. The molecule has 0 aliphatic carbocycles. The van der Waals surface area contributed by atoms with E-state index in [9.17, 15) is 18.0 Å². The van der Waals surface area contributed by atoms with Crippen LogP contribution in [0.4, 0.5) is 0 Å². The van der Waals surface area contributed by atoms with Gasteiger partial charge in [0.2, 0.25) is 10.0 Å². The minimum absolute atomic E-state index is 0.0325. The van der Waals surface area contributed by atoms with Crippen molar-refractivity contribution in [2.45, 2.75) is 45.4 Å². The maximum absolute atomic E-state index is 12.3. The number of hydrogen-bond donors (Lipinski definition) is 1. The summed E-state index contributed by atoms with van der Waals surface area (Å²) in [6.45, 7) is 7.25. The molecule has 3 aromatic rings. The molecule has 0 saturated heterocycles. The number of aryl methyl sites for hydroxylation is 3. The highest BCUT2D eigenvalue weighted by Gasteiger charge is 2.16. The second kappa shape index (κ2) is 9.03. The molecule has 0 aliphatic heterocycles. The van der Waals surface area contributed by atoms with Crippen LogP contribution in [0.3, 0.4) is 0 Å². The Bertz CT molecular complexity index is 1290. The van der Waals surface area contributed by atoms with Crippen LogP contribution in [0, 0.1) is 27.7 Å². The van der Waals surface area contributed by atoms with Crippen molar-refractivity contribution in [2.75, 3.05) is 6.54 Å². The van der Waals surface area contributed by atoms with E-state index in [0.29, 0.717) is 22.5 Å². The third kappa shape index (κ3) is 5.03. The molecule has 7 nitrogen and oxygen atoms in total. The molecule has 8 heteroatoms. The van der Waals surface area contributed by atoms with Gasteiger partial charge in [-0.3, -0.25) is 4.79 Å². The van der Waals surface area contributed by atoms with Gasteiger partial charge in [-0.1, -0.05) is 17.7 Å². The number of hydrogen-bond acceptors (Lipinski definition) is 6. The molecular formula is C23H25NO6S. The predicted molar refractivity (Wildman–Crippen MR) is 118 cm³/mol. The van der Waals surface area contributed by atoms with Crippen molar-refractivity contribution in [3.63, 3.8) is 0 Å². The first kappa shape index (κ1) is 22.7. The number of fused-ring (bicyclic) bond motifs is 1. The Labute approximate surface area is 181 Å². The fourth-order valence-corrected chi connectivity index (χ4v) is 4.22. The van der Waals surface area contributed by atoms with Gasteiger partial charge in [0, 0.05) is 29.5 Å². The van der Waals surface area contributed by atoms with Gasteiger partial charge in [-0.25, -0.2) is 17.9 Å². The molecular weight excluding hydrogens is 418 g/mol. The first-order valence-corrected chi connectivity index (χ1v) is 11.4. The first-order valence-electron chi connectivity index (χ1n) is 9.91. The van der Waals surface area contributed by atoms with Crippen LogP contribution in [-0.2, 0) is 14.8 Å². The molecule has 1 N–H and O–H groups in total. The lowest BCUT2D eigenvalue weighted by atomic mass is 10.0. The first-order chi connectivity index (χ1) is 14.6. The normalized spacial score (nSPS) is 11.6. The Kier molecular flexibility index (Phi) is 6.62. The summed E-state index contributed by atoms with van der Waals surface area (Å²) in [5.41, 5.74) is 2.88. The van der Waals surface area contributed by atoms with Crippen molar-refractivity contribution in [2.24, 2.45) is 0 Å². The van der Waals surface area contributed by atoms with Crippen LogP contribution in [0.25, 0.3) is 11.0 Å². The molecule has 0 spiro atoms. The lowest BCUT2D eigenvalue weighted by Crippen LogP contribution is -2.25. The zero-order valence-corrected chi connectivity index (χ0v) is 18.8. The SMILES string of the molecule is Cc1ccc(S(=O)(=O)NCCCC(=O)Oc2ccc3c(C)c(C)c(=O)oc3c2C)cc1. The zero-order valence-electron chi connectivity index (χ0n) is 17.9. The van der Waals surface area contributed by atoms with E-state index in [1.165, 1.54) is 12.1 Å². The maximum atomic E-state index is 12.3. The summed E-state index contributed by atoms with van der Waals surface area (Å²) in [5.74, 6) is -0.188. The molecule has 0 fully saturated rings. The Balaban J connectivity index is 1.60. The molecule has 1 aromatic heterocycles. The van der Waals surface area contributed by atoms with Crippen LogP contribution in [0.5, 0.6) is 5.75 Å². The van der Waals surface area contributed by atoms with Crippen LogP contribution in [0.15, 0.2) is 50.5 Å². The molecule has 0 amide bonds. The van der Waals surface area contributed by atoms with Gasteiger partial charge in [0.1, 0.15) is 11.3 Å². The standard InChI is InChI=1S/C23H25NO6S/c1-14-7-9-18(10-8-14)31(27,28)24-13-5-6-21(25)29-20-12-11-19-15(2)16(3)23(26)30-22(19)17(20)4/h7-12,24H,5-6,13H2,1-4H3. The average molecular weight is 444 g/mol. The minimum atomic E-state index is -3.62. The van der Waals surface area contributed by atoms with Gasteiger partial charge in [-0.15, -0.1) is 0 Å². The number of nitrogens with one attached hydrogen (secondary N) is 1. The third-order valence-corrected chi connectivity index (χ3v) is 6.71. The second-order valence-electron chi connectivity index (χ2n) is 7.49. The summed E-state index contributed by atoms with van der Waals surface area (Å²) in [6.07, 6.45) is 0.314. The Morgan fingerprint density at radius 2 is 1.65 bits per heavy atom. The Morgan fingerprint density at radius 3 is 2.32 bits per heavy atom. The van der Waals surface area contributed by atoms with Crippen LogP contribution in [-0.4, -0.2) is 20.9 Å². The topological polar surface area (TPSA) is 103 Å². The fraction of sp³-hybridized carbons (Fsp3) is 0.304. The van der Waals surface area contributed by atoms with E-state index < -0.39 is 21.6 Å². The Hall–Kier alpha value is -2.97. The van der Waals surface area contributed by atoms with E-state index in [2.05, 4.69) is 4.72 Å². The second-order valence-corrected chi connectivity index (χ2v) is 9.26. The fourth-order valence-electron chi connectivity index (χ4n) is 3.15. The highest BCUT2D eigenvalue weighted by Crippen LogP contribution is 2.29. The highest BCUT2D eigenvalue weighted by molar-refractivity contribution is 7.89. The third-order valence-electron chi connectivity index (χ3n) is 5.23. The molecule has 2 aromatic carbocycles. The number of rotatable bonds is 7. The average Bonchev–Trinajstić information content (AvgIpc) is 2.72. The van der Waals surface area contributed by atoms with Gasteiger partial charge in [0.05, 0.1) is 4.90 Å². The lowest BCUT2D eigenvalue weighted by molar-refractivity contribution is -0.134. The molecule has 3 rings (SSSR count). The number of carbonyl (C=O) groups excluding carboxylic acids is 1. The predicted octanol–water partition coefficient (Wildman–Crippen LogP) is 3.69. The van der Waals surface area contributed by atoms with Crippen LogP contribution >= 0.6 is 0 Å². The van der Waals surface area contributed by atoms with E-state index in [1.807, 2.05) is 13.8 Å². The maximum Gasteiger partial charge on any atom is 0.339 e. The highest BCUT2D eigenvalue weighted by atomic mass is 32.2. The smallest absolute Gasteiger partial charge is 0.339 e. The summed E-state index contributed by atoms with van der Waals surface area (Å²) >= 11 is 0. The van der Waals surface area contributed by atoms with Crippen molar-refractivity contribution in [1.82, 2.24) is 4.72 Å². The number of benzene rings is 2. The molecule has 1 heterocycles. The number of carbonyl (C=O) groups is 1. The van der Waals surface area contributed by atoms with Crippen LogP contribution in [0.2, 0.25) is 0 Å². The molecule has 164 valence electrons. The van der Waals surface area contributed by atoms with Gasteiger partial charge in [-0.05, 0) is 63.9 Å². The zero-order chi connectivity index (χ0) is 22.8. The summed E-state index contributed by atoms with van der Waals surface area (Å²) in [6, 6.07) is 9.95. The Morgan fingerprint density at radius 1 is 0.968 bits per heavy atom. The molecule has 31 heavy (non-hydrogen) atoms. The van der Waals surface area contributed by atoms with E-state index >= 15 is 0 Å². The van der Waals surface area contributed by atoms with E-state index in [1.54, 1.807) is 38.1 Å². The van der Waals surface area contributed by atoms with E-state index in [-0.39, 0.29) is 24.3 Å². The molecule has 0 saturated carbocycles. The van der Waals surface area contributed by atoms with Gasteiger partial charge >= 0.3 is 11.6 Å². The van der Waals surface area contributed by atoms with E-state index in [4.69, 9.17) is 9.15 Å². The van der Waals surface area contributed by atoms with Gasteiger partial charge in [0.15, 0.2) is 0 Å². The number of esters is 1. The number of sulfonamides is 1.